The zero-order chi connectivity index (χ0) is 22.9. The predicted octanol–water partition coefficient (Wildman–Crippen LogP) is 2.05. The Hall–Kier alpha value is -2.68. The van der Waals surface area contributed by atoms with Gasteiger partial charge >= 0.3 is 6.09 Å². The smallest absolute Gasteiger partial charge is 0.410 e. The highest BCUT2D eigenvalue weighted by atomic mass is 16.6. The molecule has 0 aromatic heterocycles. The molecule has 9 nitrogen and oxygen atoms in total. The van der Waals surface area contributed by atoms with Gasteiger partial charge in [-0.15, -0.1) is 0 Å². The van der Waals surface area contributed by atoms with E-state index >= 15 is 0 Å². The Bertz CT molecular complexity index is 740. The zero-order valence-corrected chi connectivity index (χ0v) is 19.4. The number of rotatable bonds is 8. The summed E-state index contributed by atoms with van der Waals surface area (Å²) in [6.45, 7) is 10.9. The molecule has 9 heteroatoms. The number of nitrogens with one attached hydrogen (secondary N) is 1. The van der Waals surface area contributed by atoms with Crippen LogP contribution in [0.2, 0.25) is 0 Å². The van der Waals surface area contributed by atoms with Crippen molar-refractivity contribution in [2.45, 2.75) is 39.3 Å². The van der Waals surface area contributed by atoms with Gasteiger partial charge in [-0.1, -0.05) is 6.07 Å². The van der Waals surface area contributed by atoms with Crippen molar-refractivity contribution in [2.75, 3.05) is 53.5 Å². The molecule has 3 N–H and O–H groups in total. The van der Waals surface area contributed by atoms with Crippen molar-refractivity contribution in [3.8, 4) is 11.5 Å². The summed E-state index contributed by atoms with van der Waals surface area (Å²) in [5.74, 6) is 1.78. The lowest BCUT2D eigenvalue weighted by atomic mass is 10.2. The van der Waals surface area contributed by atoms with E-state index in [1.165, 1.54) is 0 Å². The van der Waals surface area contributed by atoms with Crippen LogP contribution in [0.25, 0.3) is 0 Å². The molecule has 1 amide bonds. The van der Waals surface area contributed by atoms with E-state index in [9.17, 15) is 4.79 Å². The third-order valence-corrected chi connectivity index (χ3v) is 4.86. The SMILES string of the molecule is COc1ccc(CN=C(N)NCCCN2CCN(C(=O)OC(C)(C)C)CC2)cc1OC. The second-order valence-electron chi connectivity index (χ2n) is 8.48. The average molecular weight is 436 g/mol. The minimum Gasteiger partial charge on any atom is -0.493 e. The van der Waals surface area contributed by atoms with Gasteiger partial charge < -0.3 is 30.2 Å². The van der Waals surface area contributed by atoms with Gasteiger partial charge in [0, 0.05) is 32.7 Å². The van der Waals surface area contributed by atoms with E-state index in [4.69, 9.17) is 19.9 Å². The van der Waals surface area contributed by atoms with Crippen LogP contribution >= 0.6 is 0 Å². The van der Waals surface area contributed by atoms with Gasteiger partial charge in [0.15, 0.2) is 17.5 Å². The molecule has 0 atom stereocenters. The third kappa shape index (κ3) is 8.53. The number of aliphatic imine (C=N–C) groups is 1. The Labute approximate surface area is 185 Å². The van der Waals surface area contributed by atoms with Crippen LogP contribution in [-0.2, 0) is 11.3 Å². The molecular weight excluding hydrogens is 398 g/mol. The highest BCUT2D eigenvalue weighted by molar-refractivity contribution is 5.77. The fourth-order valence-electron chi connectivity index (χ4n) is 3.21. The summed E-state index contributed by atoms with van der Waals surface area (Å²) in [4.78, 5) is 20.6. The Morgan fingerprint density at radius 2 is 1.81 bits per heavy atom. The topological polar surface area (TPSA) is 102 Å². The van der Waals surface area contributed by atoms with Crippen molar-refractivity contribution in [3.05, 3.63) is 23.8 Å². The summed E-state index contributed by atoms with van der Waals surface area (Å²) < 4.78 is 16.0. The summed E-state index contributed by atoms with van der Waals surface area (Å²) in [6, 6.07) is 5.69. The fraction of sp³-hybridized carbons (Fsp3) is 0.636. The van der Waals surface area contributed by atoms with Gasteiger partial charge in [-0.2, -0.15) is 0 Å². The second kappa shape index (κ2) is 11.6. The number of benzene rings is 1. The number of amides is 1. The maximum atomic E-state index is 12.1. The Kier molecular flexibility index (Phi) is 9.23. The fourth-order valence-corrected chi connectivity index (χ4v) is 3.21. The van der Waals surface area contributed by atoms with Crippen LogP contribution in [0.5, 0.6) is 11.5 Å². The van der Waals surface area contributed by atoms with Crippen LogP contribution < -0.4 is 20.5 Å². The highest BCUT2D eigenvalue weighted by Gasteiger charge is 2.25. The first kappa shape index (κ1) is 24.6. The first-order chi connectivity index (χ1) is 14.7. The number of ether oxygens (including phenoxy) is 3. The van der Waals surface area contributed by atoms with Crippen LogP contribution in [0.15, 0.2) is 23.2 Å². The van der Waals surface area contributed by atoms with E-state index in [1.54, 1.807) is 19.1 Å². The quantitative estimate of drug-likeness (QED) is 0.366. The number of nitrogens with zero attached hydrogens (tertiary/aromatic N) is 3. The molecule has 31 heavy (non-hydrogen) atoms. The maximum absolute atomic E-state index is 12.1. The lowest BCUT2D eigenvalue weighted by Crippen LogP contribution is -2.50. The largest absolute Gasteiger partial charge is 0.493 e. The molecule has 0 saturated carbocycles. The normalized spacial score (nSPS) is 15.5. The van der Waals surface area contributed by atoms with Gasteiger partial charge in [-0.05, 0) is 51.4 Å². The number of guanidine groups is 1. The highest BCUT2D eigenvalue weighted by Crippen LogP contribution is 2.27. The van der Waals surface area contributed by atoms with Crippen LogP contribution in [-0.4, -0.2) is 80.9 Å². The van der Waals surface area contributed by atoms with E-state index in [0.29, 0.717) is 37.1 Å². The Morgan fingerprint density at radius 3 is 2.42 bits per heavy atom. The van der Waals surface area contributed by atoms with Gasteiger partial charge in [0.05, 0.1) is 20.8 Å². The average Bonchev–Trinajstić information content (AvgIpc) is 2.74. The van der Waals surface area contributed by atoms with Crippen molar-refractivity contribution in [1.29, 1.82) is 0 Å². The van der Waals surface area contributed by atoms with Crippen molar-refractivity contribution in [2.24, 2.45) is 10.7 Å². The summed E-state index contributed by atoms with van der Waals surface area (Å²) >= 11 is 0. The van der Waals surface area contributed by atoms with Crippen molar-refractivity contribution < 1.29 is 19.0 Å². The third-order valence-electron chi connectivity index (χ3n) is 4.86. The molecule has 0 radical (unpaired) electrons. The van der Waals surface area contributed by atoms with E-state index in [0.717, 1.165) is 38.2 Å². The Morgan fingerprint density at radius 1 is 1.13 bits per heavy atom. The zero-order valence-electron chi connectivity index (χ0n) is 19.4. The van der Waals surface area contributed by atoms with E-state index in [1.807, 2.05) is 39.0 Å². The molecule has 1 aromatic carbocycles. The number of methoxy groups -OCH3 is 2. The molecule has 2 rings (SSSR count). The van der Waals surface area contributed by atoms with Gasteiger partial charge in [-0.25, -0.2) is 9.79 Å². The van der Waals surface area contributed by atoms with E-state index in [2.05, 4.69) is 15.2 Å². The standard InChI is InChI=1S/C22H37N5O4/c1-22(2,3)31-21(28)27-13-11-26(12-14-27)10-6-9-24-20(23)25-16-17-7-8-18(29-4)19(15-17)30-5/h7-8,15H,6,9-14,16H2,1-5H3,(H3,23,24,25). The number of piperazine rings is 1. The molecule has 1 saturated heterocycles. The lowest BCUT2D eigenvalue weighted by Gasteiger charge is -2.35. The number of hydrogen-bond donors (Lipinski definition) is 2. The predicted molar refractivity (Wildman–Crippen MR) is 122 cm³/mol. The number of carbonyl (C=O) groups excluding carboxylic acids is 1. The minimum atomic E-state index is -0.458. The first-order valence-electron chi connectivity index (χ1n) is 10.7. The van der Waals surface area contributed by atoms with Gasteiger partial charge in [0.25, 0.3) is 0 Å². The number of hydrogen-bond acceptors (Lipinski definition) is 6. The van der Waals surface area contributed by atoms with Gasteiger partial charge in [0.1, 0.15) is 5.60 Å². The second-order valence-corrected chi connectivity index (χ2v) is 8.48. The molecule has 0 spiro atoms. The molecule has 1 aromatic rings. The molecule has 1 fully saturated rings. The van der Waals surface area contributed by atoms with E-state index in [-0.39, 0.29) is 6.09 Å². The molecule has 0 aliphatic carbocycles. The van der Waals surface area contributed by atoms with Gasteiger partial charge in [0.2, 0.25) is 0 Å². The van der Waals surface area contributed by atoms with Crippen molar-refractivity contribution in [1.82, 2.24) is 15.1 Å². The maximum Gasteiger partial charge on any atom is 0.410 e. The Balaban J connectivity index is 1.65. The van der Waals surface area contributed by atoms with Crippen LogP contribution in [0.4, 0.5) is 4.79 Å². The van der Waals surface area contributed by atoms with Crippen LogP contribution in [0, 0.1) is 0 Å². The molecule has 174 valence electrons. The van der Waals surface area contributed by atoms with Crippen molar-refractivity contribution in [3.63, 3.8) is 0 Å². The summed E-state index contributed by atoms with van der Waals surface area (Å²) in [5, 5.41) is 3.16. The summed E-state index contributed by atoms with van der Waals surface area (Å²) in [7, 11) is 3.22. The monoisotopic (exact) mass is 435 g/mol. The minimum absolute atomic E-state index is 0.229. The summed E-state index contributed by atoms with van der Waals surface area (Å²) in [6.07, 6.45) is 0.714. The molecular formula is C22H37N5O4. The van der Waals surface area contributed by atoms with Gasteiger partial charge in [-0.3, -0.25) is 4.90 Å². The summed E-state index contributed by atoms with van der Waals surface area (Å²) in [5.41, 5.74) is 6.51. The molecule has 1 aliphatic heterocycles. The molecule has 0 unspecified atom stereocenters. The molecule has 1 aliphatic rings. The molecule has 0 bridgehead atoms. The lowest BCUT2D eigenvalue weighted by molar-refractivity contribution is 0.0145. The van der Waals surface area contributed by atoms with Crippen LogP contribution in [0.3, 0.4) is 0 Å². The first-order valence-corrected chi connectivity index (χ1v) is 10.7. The van der Waals surface area contributed by atoms with E-state index < -0.39 is 5.60 Å². The number of carbonyl (C=O) groups is 1. The number of nitrogens with two attached hydrogens (primary N) is 1. The van der Waals surface area contributed by atoms with Crippen molar-refractivity contribution >= 4 is 12.1 Å². The molecule has 1 heterocycles. The van der Waals surface area contributed by atoms with Crippen LogP contribution in [0.1, 0.15) is 32.8 Å².